The van der Waals surface area contributed by atoms with E-state index in [9.17, 15) is 0 Å². The van der Waals surface area contributed by atoms with Gasteiger partial charge in [-0.2, -0.15) is 0 Å². The van der Waals surface area contributed by atoms with Gasteiger partial charge in [0.15, 0.2) is 0 Å². The normalized spacial score (nSPS) is 52.8. The number of thiocarbonyl (C=S) groups is 1. The third-order valence-corrected chi connectivity index (χ3v) is 6.76. The van der Waals surface area contributed by atoms with Crippen LogP contribution in [0.1, 0.15) is 53.4 Å². The van der Waals surface area contributed by atoms with E-state index in [0.29, 0.717) is 5.41 Å². The van der Waals surface area contributed by atoms with Gasteiger partial charge in [0.25, 0.3) is 0 Å². The quantitative estimate of drug-likeness (QED) is 0.498. The highest BCUT2D eigenvalue weighted by Crippen LogP contribution is 2.71. The van der Waals surface area contributed by atoms with Crippen LogP contribution >= 0.6 is 12.2 Å². The predicted molar refractivity (Wildman–Crippen MR) is 78.8 cm³/mol. The molecule has 100 valence electrons. The molecule has 3 aliphatic carbocycles. The molecular formula is C16H25NS. The van der Waals surface area contributed by atoms with Crippen molar-refractivity contribution in [3.8, 4) is 0 Å². The van der Waals surface area contributed by atoms with Gasteiger partial charge in [0.1, 0.15) is 0 Å². The van der Waals surface area contributed by atoms with Gasteiger partial charge in [-0.1, -0.05) is 27.2 Å². The third kappa shape index (κ3) is 1.58. The zero-order valence-corrected chi connectivity index (χ0v) is 12.9. The Morgan fingerprint density at radius 1 is 1.11 bits per heavy atom. The molecule has 0 spiro atoms. The van der Waals surface area contributed by atoms with Crippen LogP contribution in [-0.4, -0.2) is 10.7 Å². The van der Waals surface area contributed by atoms with Gasteiger partial charge in [-0.15, -0.1) is 0 Å². The van der Waals surface area contributed by atoms with E-state index in [1.165, 1.54) is 25.7 Å². The fourth-order valence-electron chi connectivity index (χ4n) is 5.53. The topological polar surface area (TPSA) is 12.4 Å². The first-order chi connectivity index (χ1) is 8.42. The number of nitrogens with zero attached hydrogens (tertiary/aromatic N) is 1. The molecule has 0 radical (unpaired) electrons. The van der Waals surface area contributed by atoms with Crippen molar-refractivity contribution in [2.75, 3.05) is 0 Å². The molecule has 3 rings (SSSR count). The zero-order valence-electron chi connectivity index (χ0n) is 12.1. The molecule has 0 N–H and O–H groups in total. The average Bonchev–Trinajstić information content (AvgIpc) is 2.65. The van der Waals surface area contributed by atoms with Crippen LogP contribution in [-0.2, 0) is 0 Å². The highest BCUT2D eigenvalue weighted by atomic mass is 32.1. The van der Waals surface area contributed by atoms with Crippen molar-refractivity contribution in [1.29, 1.82) is 0 Å². The largest absolute Gasteiger partial charge is 0.226 e. The van der Waals surface area contributed by atoms with Crippen molar-refractivity contribution >= 4 is 17.4 Å². The number of fused-ring (bicyclic) bond motifs is 3. The molecule has 6 atom stereocenters. The van der Waals surface area contributed by atoms with Crippen LogP contribution in [0.25, 0.3) is 0 Å². The van der Waals surface area contributed by atoms with Crippen LogP contribution in [0.5, 0.6) is 0 Å². The first kappa shape index (κ1) is 12.8. The summed E-state index contributed by atoms with van der Waals surface area (Å²) >= 11 is 4.91. The number of hydrogen-bond acceptors (Lipinski definition) is 2. The second kappa shape index (κ2) is 3.90. The van der Waals surface area contributed by atoms with Gasteiger partial charge < -0.3 is 0 Å². The van der Waals surface area contributed by atoms with Crippen molar-refractivity contribution in [3.63, 3.8) is 0 Å². The molecule has 0 amide bonds. The minimum absolute atomic E-state index is 0.0840. The molecule has 0 aromatic rings. The second-order valence-corrected chi connectivity index (χ2v) is 7.97. The number of isothiocyanates is 1. The monoisotopic (exact) mass is 263 g/mol. The van der Waals surface area contributed by atoms with Gasteiger partial charge in [-0.05, 0) is 73.4 Å². The molecule has 0 aliphatic heterocycles. The Morgan fingerprint density at radius 3 is 2.50 bits per heavy atom. The molecule has 0 aromatic carbocycles. The first-order valence-corrected chi connectivity index (χ1v) is 7.91. The summed E-state index contributed by atoms with van der Waals surface area (Å²) in [5.41, 5.74) is 0.672. The van der Waals surface area contributed by atoms with E-state index in [0.717, 1.165) is 29.6 Å². The molecule has 0 aromatic heterocycles. The number of aliphatic imine (C=N–C) groups is 1. The van der Waals surface area contributed by atoms with Crippen molar-refractivity contribution in [1.82, 2.24) is 0 Å². The van der Waals surface area contributed by atoms with Crippen LogP contribution in [0.2, 0.25) is 0 Å². The molecular weight excluding hydrogens is 238 g/mol. The third-order valence-electron chi connectivity index (χ3n) is 6.67. The average molecular weight is 263 g/mol. The van der Waals surface area contributed by atoms with Gasteiger partial charge in [-0.25, -0.2) is 4.99 Å². The van der Waals surface area contributed by atoms with E-state index in [1.807, 2.05) is 0 Å². The summed E-state index contributed by atoms with van der Waals surface area (Å²) in [5, 5.41) is 2.69. The van der Waals surface area contributed by atoms with Gasteiger partial charge >= 0.3 is 0 Å². The summed E-state index contributed by atoms with van der Waals surface area (Å²) in [4.78, 5) is 4.62. The molecule has 0 bridgehead atoms. The Balaban J connectivity index is 1.97. The van der Waals surface area contributed by atoms with E-state index < -0.39 is 0 Å². The fourth-order valence-corrected chi connectivity index (χ4v) is 5.74. The number of hydrogen-bond donors (Lipinski definition) is 0. The Kier molecular flexibility index (Phi) is 2.78. The Labute approximate surface area is 116 Å². The van der Waals surface area contributed by atoms with Gasteiger partial charge in [0, 0.05) is 0 Å². The highest BCUT2D eigenvalue weighted by molar-refractivity contribution is 7.78. The van der Waals surface area contributed by atoms with Gasteiger partial charge in [0.2, 0.25) is 0 Å². The number of rotatable bonds is 1. The molecule has 0 heterocycles. The highest BCUT2D eigenvalue weighted by Gasteiger charge is 2.66. The summed E-state index contributed by atoms with van der Waals surface area (Å²) in [6.07, 6.45) is 5.29. The van der Waals surface area contributed by atoms with E-state index >= 15 is 0 Å². The minimum atomic E-state index is 0.0840. The Morgan fingerprint density at radius 2 is 1.83 bits per heavy atom. The molecule has 1 nitrogen and oxygen atoms in total. The first-order valence-electron chi connectivity index (χ1n) is 7.51. The van der Waals surface area contributed by atoms with Crippen LogP contribution in [0.4, 0.5) is 0 Å². The van der Waals surface area contributed by atoms with E-state index in [4.69, 9.17) is 12.2 Å². The maximum absolute atomic E-state index is 4.91. The molecule has 3 aliphatic rings. The summed E-state index contributed by atoms with van der Waals surface area (Å²) in [5.74, 6) is 4.39. The standard InChI is InChI=1S/C16H25NS/c1-10-5-6-11-13(10)14-12(15(14,2)3)7-8-16(11,4)17-9-18/h10-14H,5-8H2,1-4H3/t10-,11-,12-,13+,14+,16-/m1/s1. The molecule has 3 saturated carbocycles. The van der Waals surface area contributed by atoms with Crippen LogP contribution in [0.3, 0.4) is 0 Å². The Bertz CT molecular complexity index is 409. The molecule has 0 unspecified atom stereocenters. The van der Waals surface area contributed by atoms with Crippen LogP contribution in [0, 0.1) is 35.0 Å². The lowest BCUT2D eigenvalue weighted by molar-refractivity contribution is 0.176. The maximum atomic E-state index is 4.91. The second-order valence-electron chi connectivity index (χ2n) is 7.79. The van der Waals surface area contributed by atoms with Crippen molar-refractivity contribution in [2.45, 2.75) is 58.9 Å². The lowest BCUT2D eigenvalue weighted by atomic mass is 9.73. The minimum Gasteiger partial charge on any atom is -0.226 e. The SMILES string of the molecule is C[C@@H]1CC[C@@H]2[C@H]1[C@@H]1[C@@H](CC[C@@]2(C)N=C=S)C1(C)C. The summed E-state index contributed by atoms with van der Waals surface area (Å²) in [6.45, 7) is 9.76. The smallest absolute Gasteiger partial charge is 0.0713 e. The van der Waals surface area contributed by atoms with E-state index in [1.54, 1.807) is 0 Å². The summed E-state index contributed by atoms with van der Waals surface area (Å²) in [7, 11) is 0. The fraction of sp³-hybridized carbons (Fsp3) is 0.938. The maximum Gasteiger partial charge on any atom is 0.0713 e. The lowest BCUT2D eigenvalue weighted by Gasteiger charge is -2.35. The summed E-state index contributed by atoms with van der Waals surface area (Å²) in [6, 6.07) is 0. The van der Waals surface area contributed by atoms with Crippen LogP contribution < -0.4 is 0 Å². The molecule has 3 fully saturated rings. The molecule has 18 heavy (non-hydrogen) atoms. The van der Waals surface area contributed by atoms with E-state index in [2.05, 4.69) is 37.8 Å². The summed E-state index contributed by atoms with van der Waals surface area (Å²) < 4.78 is 0. The van der Waals surface area contributed by atoms with Crippen LogP contribution in [0.15, 0.2) is 4.99 Å². The van der Waals surface area contributed by atoms with E-state index in [-0.39, 0.29) is 5.54 Å². The lowest BCUT2D eigenvalue weighted by Crippen LogP contribution is -2.36. The Hall–Kier alpha value is -0.200. The van der Waals surface area contributed by atoms with Crippen molar-refractivity contribution in [3.05, 3.63) is 0 Å². The predicted octanol–water partition coefficient (Wildman–Crippen LogP) is 4.58. The van der Waals surface area contributed by atoms with Gasteiger partial charge in [-0.3, -0.25) is 0 Å². The van der Waals surface area contributed by atoms with Crippen molar-refractivity contribution in [2.24, 2.45) is 40.0 Å². The van der Waals surface area contributed by atoms with Crippen molar-refractivity contribution < 1.29 is 0 Å². The molecule has 2 heteroatoms. The van der Waals surface area contributed by atoms with Gasteiger partial charge in [0.05, 0.1) is 10.7 Å². The zero-order chi connectivity index (χ0) is 13.1. The molecule has 0 saturated heterocycles.